The molecule has 0 amide bonds. The van der Waals surface area contributed by atoms with Crippen molar-refractivity contribution in [2.24, 2.45) is 4.99 Å². The monoisotopic (exact) mass is 283 g/mol. The van der Waals surface area contributed by atoms with Crippen LogP contribution in [0, 0.1) is 6.92 Å². The first-order valence-corrected chi connectivity index (χ1v) is 6.09. The predicted molar refractivity (Wildman–Crippen MR) is 71.9 cm³/mol. The van der Waals surface area contributed by atoms with Crippen molar-refractivity contribution in [1.29, 1.82) is 0 Å². The summed E-state index contributed by atoms with van der Waals surface area (Å²) in [5.74, 6) is 1.18. The quantitative estimate of drug-likeness (QED) is 0.531. The average molecular weight is 284 g/mol. The Balaban J connectivity index is 2.21. The highest BCUT2D eigenvalue weighted by Gasteiger charge is 2.04. The minimum atomic E-state index is 0.383. The van der Waals surface area contributed by atoms with Gasteiger partial charge in [0.2, 0.25) is 0 Å². The minimum Gasteiger partial charge on any atom is -0.316 e. The molecule has 0 atom stereocenters. The maximum atomic E-state index is 5.82. The predicted octanol–water partition coefficient (Wildman–Crippen LogP) is 3.37. The number of isothiocyanates is 1. The molecule has 17 heavy (non-hydrogen) atoms. The zero-order valence-electron chi connectivity index (χ0n) is 8.64. The van der Waals surface area contributed by atoms with Crippen LogP contribution in [0.15, 0.2) is 17.3 Å². The Morgan fingerprint density at radius 2 is 2.35 bits per heavy atom. The van der Waals surface area contributed by atoms with Gasteiger partial charge >= 0.3 is 0 Å². The number of halogens is 1. The second kappa shape index (κ2) is 5.29. The molecule has 0 bridgehead atoms. The average Bonchev–Trinajstić information content (AvgIpc) is 2.64. The normalized spacial score (nSPS) is 9.76. The van der Waals surface area contributed by atoms with E-state index in [2.05, 4.69) is 42.6 Å². The van der Waals surface area contributed by atoms with E-state index in [1.807, 2.05) is 0 Å². The summed E-state index contributed by atoms with van der Waals surface area (Å²) in [7, 11) is 0. The molecule has 0 spiro atoms. The van der Waals surface area contributed by atoms with Gasteiger partial charge in [-0.2, -0.15) is 4.99 Å². The summed E-state index contributed by atoms with van der Waals surface area (Å²) in [4.78, 5) is 16.1. The number of thiazole rings is 1. The highest BCUT2D eigenvalue weighted by molar-refractivity contribution is 7.78. The fraction of sp³-hybridized carbons (Fsp3) is 0.111. The number of aryl methyl sites for hydroxylation is 1. The van der Waals surface area contributed by atoms with Crippen LogP contribution in [0.4, 0.5) is 16.0 Å². The van der Waals surface area contributed by atoms with E-state index in [-0.39, 0.29) is 0 Å². The van der Waals surface area contributed by atoms with E-state index in [0.29, 0.717) is 26.9 Å². The SMILES string of the molecule is Cc1nc(Cl)cc(Nc2ncc(N=C=S)s2)n1. The van der Waals surface area contributed by atoms with E-state index in [4.69, 9.17) is 11.6 Å². The first-order valence-electron chi connectivity index (χ1n) is 4.49. The number of anilines is 2. The van der Waals surface area contributed by atoms with Crippen LogP contribution in [0.2, 0.25) is 5.15 Å². The lowest BCUT2D eigenvalue weighted by molar-refractivity contribution is 1.06. The van der Waals surface area contributed by atoms with E-state index in [1.54, 1.807) is 19.2 Å². The maximum absolute atomic E-state index is 5.82. The molecule has 1 N–H and O–H groups in total. The molecule has 0 aliphatic heterocycles. The Hall–Kier alpha value is -1.40. The summed E-state index contributed by atoms with van der Waals surface area (Å²) in [6.45, 7) is 1.76. The van der Waals surface area contributed by atoms with Crippen LogP contribution < -0.4 is 5.32 Å². The topological polar surface area (TPSA) is 63.1 Å². The highest BCUT2D eigenvalue weighted by atomic mass is 35.5. The molecular weight excluding hydrogens is 278 g/mol. The fourth-order valence-electron chi connectivity index (χ4n) is 1.12. The molecule has 0 saturated carbocycles. The van der Waals surface area contributed by atoms with Crippen molar-refractivity contribution in [3.05, 3.63) is 23.2 Å². The Morgan fingerprint density at radius 3 is 3.06 bits per heavy atom. The largest absolute Gasteiger partial charge is 0.316 e. The van der Waals surface area contributed by atoms with Gasteiger partial charge in [0, 0.05) is 6.07 Å². The molecule has 8 heteroatoms. The molecule has 2 aromatic rings. The molecule has 0 unspecified atom stereocenters. The van der Waals surface area contributed by atoms with Crippen LogP contribution in [0.1, 0.15) is 5.82 Å². The van der Waals surface area contributed by atoms with Gasteiger partial charge in [-0.1, -0.05) is 22.9 Å². The summed E-state index contributed by atoms with van der Waals surface area (Å²) in [5, 5.41) is 7.02. The smallest absolute Gasteiger partial charge is 0.190 e. The van der Waals surface area contributed by atoms with Crippen LogP contribution in [0.25, 0.3) is 0 Å². The number of hydrogen-bond acceptors (Lipinski definition) is 7. The summed E-state index contributed by atoms with van der Waals surface area (Å²) < 4.78 is 0. The number of nitrogens with one attached hydrogen (secondary N) is 1. The Bertz CT molecular complexity index is 571. The molecule has 2 rings (SSSR count). The molecule has 0 saturated heterocycles. The van der Waals surface area contributed by atoms with Crippen molar-refractivity contribution in [2.45, 2.75) is 6.92 Å². The lowest BCUT2D eigenvalue weighted by Crippen LogP contribution is -1.96. The molecule has 2 aromatic heterocycles. The maximum Gasteiger partial charge on any atom is 0.190 e. The van der Waals surface area contributed by atoms with Crippen LogP contribution in [0.5, 0.6) is 0 Å². The van der Waals surface area contributed by atoms with Crippen molar-refractivity contribution in [3.8, 4) is 0 Å². The molecule has 2 heterocycles. The van der Waals surface area contributed by atoms with Gasteiger partial charge in [-0.25, -0.2) is 15.0 Å². The van der Waals surface area contributed by atoms with Gasteiger partial charge in [0.1, 0.15) is 21.8 Å². The van der Waals surface area contributed by atoms with Crippen LogP contribution >= 0.6 is 35.2 Å². The summed E-state index contributed by atoms with van der Waals surface area (Å²) in [5.41, 5.74) is 0. The molecule has 5 nitrogen and oxygen atoms in total. The summed E-state index contributed by atoms with van der Waals surface area (Å²) >= 11 is 11.7. The van der Waals surface area contributed by atoms with Gasteiger partial charge < -0.3 is 5.32 Å². The van der Waals surface area contributed by atoms with Crippen molar-refractivity contribution in [1.82, 2.24) is 15.0 Å². The van der Waals surface area contributed by atoms with Gasteiger partial charge in [-0.15, -0.1) is 0 Å². The molecule has 0 aliphatic rings. The number of nitrogens with zero attached hydrogens (tertiary/aromatic N) is 4. The molecule has 0 aliphatic carbocycles. The Kier molecular flexibility index (Phi) is 3.75. The lowest BCUT2D eigenvalue weighted by Gasteiger charge is -2.02. The molecule has 86 valence electrons. The first-order chi connectivity index (χ1) is 8.17. The highest BCUT2D eigenvalue weighted by Crippen LogP contribution is 2.27. The number of hydrogen-bond donors (Lipinski definition) is 1. The Morgan fingerprint density at radius 1 is 1.53 bits per heavy atom. The third kappa shape index (κ3) is 3.28. The summed E-state index contributed by atoms with van der Waals surface area (Å²) in [6.07, 6.45) is 1.60. The molecule has 0 aromatic carbocycles. The number of aliphatic imine (C=N–C) groups is 1. The van der Waals surface area contributed by atoms with Gasteiger partial charge in [0.05, 0.1) is 11.4 Å². The Labute approximate surface area is 112 Å². The third-order valence-corrected chi connectivity index (χ3v) is 2.78. The lowest BCUT2D eigenvalue weighted by atomic mass is 10.5. The number of rotatable bonds is 3. The van der Waals surface area contributed by atoms with Gasteiger partial charge in [0.15, 0.2) is 5.13 Å². The van der Waals surface area contributed by atoms with Crippen LogP contribution in [-0.2, 0) is 0 Å². The fourth-order valence-corrected chi connectivity index (χ4v) is 2.16. The second-order valence-corrected chi connectivity index (χ2v) is 4.53. The standard InChI is InChI=1S/C9H6ClN5S2/c1-5-13-6(10)2-7(14-5)15-9-11-3-8(17-9)12-4-16/h2-3H,1H3,(H,11,13,14,15). The van der Waals surface area contributed by atoms with Crippen molar-refractivity contribution in [3.63, 3.8) is 0 Å². The first kappa shape index (κ1) is 12.1. The zero-order valence-corrected chi connectivity index (χ0v) is 11.0. The number of aromatic nitrogens is 3. The van der Waals surface area contributed by atoms with Crippen molar-refractivity contribution in [2.75, 3.05) is 5.32 Å². The van der Waals surface area contributed by atoms with E-state index in [1.165, 1.54) is 11.3 Å². The van der Waals surface area contributed by atoms with Crippen LogP contribution in [-0.4, -0.2) is 20.1 Å². The van der Waals surface area contributed by atoms with E-state index >= 15 is 0 Å². The minimum absolute atomic E-state index is 0.383. The second-order valence-electron chi connectivity index (χ2n) is 2.95. The third-order valence-electron chi connectivity index (χ3n) is 1.69. The molecule has 0 fully saturated rings. The summed E-state index contributed by atoms with van der Waals surface area (Å²) in [6, 6.07) is 1.62. The van der Waals surface area contributed by atoms with Crippen molar-refractivity contribution < 1.29 is 0 Å². The van der Waals surface area contributed by atoms with Crippen molar-refractivity contribution >= 4 is 56.3 Å². The zero-order chi connectivity index (χ0) is 12.3. The molecule has 0 radical (unpaired) electrons. The van der Waals surface area contributed by atoms with E-state index < -0.39 is 0 Å². The van der Waals surface area contributed by atoms with Gasteiger partial charge in [0.25, 0.3) is 0 Å². The van der Waals surface area contributed by atoms with Crippen LogP contribution in [0.3, 0.4) is 0 Å². The van der Waals surface area contributed by atoms with Gasteiger partial charge in [-0.3, -0.25) is 0 Å². The molecular formula is C9H6ClN5S2. The van der Waals surface area contributed by atoms with E-state index in [0.717, 1.165) is 0 Å². The van der Waals surface area contributed by atoms with E-state index in [9.17, 15) is 0 Å². The number of thiocarbonyl (C=S) groups is 1. The van der Waals surface area contributed by atoms with Gasteiger partial charge in [-0.05, 0) is 19.1 Å².